The van der Waals surface area contributed by atoms with Crippen LogP contribution in [0.1, 0.15) is 28.7 Å². The fourth-order valence-electron chi connectivity index (χ4n) is 3.83. The third-order valence-corrected chi connectivity index (χ3v) is 6.86. The fourth-order valence-corrected chi connectivity index (χ4v) is 5.30. The number of aromatic nitrogens is 1. The summed E-state index contributed by atoms with van der Waals surface area (Å²) in [5.41, 5.74) is 2.25. The van der Waals surface area contributed by atoms with Crippen molar-refractivity contribution in [1.29, 1.82) is 0 Å². The fraction of sp³-hybridized carbons (Fsp3) is 0.238. The number of nitrogens with zero attached hydrogens (tertiary/aromatic N) is 1. The van der Waals surface area contributed by atoms with Gasteiger partial charge in [-0.2, -0.15) is 13.2 Å². The molecule has 1 aliphatic rings. The Hall–Kier alpha value is -2.58. The van der Waals surface area contributed by atoms with Gasteiger partial charge < -0.3 is 5.11 Å². The second-order valence-corrected chi connectivity index (χ2v) is 8.79. The van der Waals surface area contributed by atoms with Crippen molar-refractivity contribution in [2.75, 3.05) is 0 Å². The van der Waals surface area contributed by atoms with E-state index in [1.807, 2.05) is 12.1 Å². The molecule has 29 heavy (non-hydrogen) atoms. The highest BCUT2D eigenvalue weighted by molar-refractivity contribution is 7.90. The normalized spacial score (nSPS) is 14.2. The molecule has 1 aromatic heterocycles. The molecule has 0 saturated heterocycles. The summed E-state index contributed by atoms with van der Waals surface area (Å²) >= 11 is 0. The first-order valence-electron chi connectivity index (χ1n) is 9.08. The van der Waals surface area contributed by atoms with Crippen LogP contribution in [0.2, 0.25) is 0 Å². The summed E-state index contributed by atoms with van der Waals surface area (Å²) in [5, 5.41) is 9.78. The summed E-state index contributed by atoms with van der Waals surface area (Å²) in [6.07, 6.45) is -1.22. The van der Waals surface area contributed by atoms with E-state index in [0.717, 1.165) is 46.1 Å². The number of hydrogen-bond donors (Lipinski definition) is 1. The molecule has 0 atom stereocenters. The van der Waals surface area contributed by atoms with Gasteiger partial charge in [0.2, 0.25) is 0 Å². The second kappa shape index (κ2) is 7.03. The molecule has 152 valence electrons. The second-order valence-electron chi connectivity index (χ2n) is 6.98. The summed E-state index contributed by atoms with van der Waals surface area (Å²) in [4.78, 5) is -0.448. The predicted octanol–water partition coefficient (Wildman–Crippen LogP) is 4.39. The lowest BCUT2D eigenvalue weighted by Crippen LogP contribution is -2.15. The molecule has 1 N–H and O–H groups in total. The summed E-state index contributed by atoms with van der Waals surface area (Å²) in [6, 6.07) is 11.1. The predicted molar refractivity (Wildman–Crippen MR) is 102 cm³/mol. The molecule has 4 rings (SSSR count). The zero-order chi connectivity index (χ0) is 20.8. The number of aryl methyl sites for hydroxylation is 1. The molecule has 0 aliphatic heterocycles. The zero-order valence-electron chi connectivity index (χ0n) is 15.3. The summed E-state index contributed by atoms with van der Waals surface area (Å²) in [7, 11) is -4.31. The highest BCUT2D eigenvalue weighted by atomic mass is 32.2. The van der Waals surface area contributed by atoms with E-state index in [0.29, 0.717) is 29.3 Å². The Labute approximate surface area is 166 Å². The Morgan fingerprint density at radius 3 is 2.52 bits per heavy atom. The molecule has 1 heterocycles. The van der Waals surface area contributed by atoms with Gasteiger partial charge in [0.25, 0.3) is 10.0 Å². The van der Waals surface area contributed by atoms with Gasteiger partial charge in [-0.1, -0.05) is 30.3 Å². The SMILES string of the molecule is O=S(=O)(c1cccc(C(F)(F)F)c1)n1cc(CO)c2c1-c1ccccc1CCC2. The Morgan fingerprint density at radius 2 is 1.79 bits per heavy atom. The summed E-state index contributed by atoms with van der Waals surface area (Å²) < 4.78 is 67.0. The van der Waals surface area contributed by atoms with E-state index in [9.17, 15) is 26.7 Å². The van der Waals surface area contributed by atoms with E-state index in [1.165, 1.54) is 6.20 Å². The van der Waals surface area contributed by atoms with Gasteiger partial charge in [0, 0.05) is 17.3 Å². The summed E-state index contributed by atoms with van der Waals surface area (Å²) in [6.45, 7) is -0.352. The number of aliphatic hydroxyl groups is 1. The van der Waals surface area contributed by atoms with Gasteiger partial charge in [-0.3, -0.25) is 0 Å². The van der Waals surface area contributed by atoms with Crippen molar-refractivity contribution in [3.8, 4) is 11.3 Å². The van der Waals surface area contributed by atoms with Crippen molar-refractivity contribution in [2.24, 2.45) is 0 Å². The lowest BCUT2D eigenvalue weighted by molar-refractivity contribution is -0.137. The molecule has 0 saturated carbocycles. The number of hydrogen-bond acceptors (Lipinski definition) is 3. The van der Waals surface area contributed by atoms with Gasteiger partial charge in [0.15, 0.2) is 0 Å². The summed E-state index contributed by atoms with van der Waals surface area (Å²) in [5.74, 6) is 0. The van der Waals surface area contributed by atoms with E-state index in [2.05, 4.69) is 0 Å². The Morgan fingerprint density at radius 1 is 1.03 bits per heavy atom. The highest BCUT2D eigenvalue weighted by Crippen LogP contribution is 2.38. The van der Waals surface area contributed by atoms with E-state index >= 15 is 0 Å². The highest BCUT2D eigenvalue weighted by Gasteiger charge is 2.33. The first-order valence-corrected chi connectivity index (χ1v) is 10.5. The monoisotopic (exact) mass is 421 g/mol. The molecular formula is C21H18F3NO3S. The number of fused-ring (bicyclic) bond motifs is 3. The Kier molecular flexibility index (Phi) is 4.78. The van der Waals surface area contributed by atoms with E-state index < -0.39 is 26.7 Å². The van der Waals surface area contributed by atoms with Crippen molar-refractivity contribution >= 4 is 10.0 Å². The Balaban J connectivity index is 1.97. The minimum Gasteiger partial charge on any atom is -0.392 e. The van der Waals surface area contributed by atoms with Gasteiger partial charge in [-0.05, 0) is 48.6 Å². The average Bonchev–Trinajstić information content (AvgIpc) is 2.96. The number of aliphatic hydroxyl groups excluding tert-OH is 1. The average molecular weight is 421 g/mol. The van der Waals surface area contributed by atoms with Crippen LogP contribution in [0.4, 0.5) is 13.2 Å². The van der Waals surface area contributed by atoms with Gasteiger partial charge in [-0.25, -0.2) is 12.4 Å². The molecule has 0 radical (unpaired) electrons. The largest absolute Gasteiger partial charge is 0.416 e. The molecule has 0 spiro atoms. The van der Waals surface area contributed by atoms with E-state index in [-0.39, 0.29) is 6.61 Å². The first kappa shape index (κ1) is 19.7. The minimum atomic E-state index is -4.65. The van der Waals surface area contributed by atoms with E-state index in [1.54, 1.807) is 12.1 Å². The molecule has 0 amide bonds. The number of halogens is 3. The topological polar surface area (TPSA) is 59.3 Å². The zero-order valence-corrected chi connectivity index (χ0v) is 16.1. The van der Waals surface area contributed by atoms with Gasteiger partial charge >= 0.3 is 6.18 Å². The quantitative estimate of drug-likeness (QED) is 0.682. The molecule has 4 nitrogen and oxygen atoms in total. The van der Waals surface area contributed by atoms with Crippen LogP contribution in [-0.2, 0) is 35.6 Å². The number of alkyl halides is 3. The van der Waals surface area contributed by atoms with Crippen LogP contribution in [0.5, 0.6) is 0 Å². The van der Waals surface area contributed by atoms with E-state index in [4.69, 9.17) is 0 Å². The van der Waals surface area contributed by atoms with Crippen molar-refractivity contribution < 1.29 is 26.7 Å². The maximum Gasteiger partial charge on any atom is 0.416 e. The molecule has 0 bridgehead atoms. The molecule has 3 aromatic rings. The van der Waals surface area contributed by atoms with Crippen LogP contribution in [0.15, 0.2) is 59.6 Å². The van der Waals surface area contributed by atoms with Crippen LogP contribution in [0.25, 0.3) is 11.3 Å². The smallest absolute Gasteiger partial charge is 0.392 e. The van der Waals surface area contributed by atoms with Crippen molar-refractivity contribution in [3.05, 3.63) is 77.0 Å². The van der Waals surface area contributed by atoms with Crippen molar-refractivity contribution in [1.82, 2.24) is 3.97 Å². The molecule has 1 aliphatic carbocycles. The molecule has 8 heteroatoms. The third-order valence-electron chi connectivity index (χ3n) is 5.20. The lowest BCUT2D eigenvalue weighted by atomic mass is 10.0. The minimum absolute atomic E-state index is 0.352. The van der Waals surface area contributed by atoms with Crippen LogP contribution >= 0.6 is 0 Å². The standard InChI is InChI=1S/C21H18F3NO3S/c22-21(23,24)16-7-4-8-17(11-16)29(27,28)25-12-15(13-26)19-10-3-6-14-5-1-2-9-18(14)20(19)25/h1-2,4-5,7-9,11-12,26H,3,6,10,13H2. The first-order chi connectivity index (χ1) is 13.7. The lowest BCUT2D eigenvalue weighted by Gasteiger charge is -2.14. The molecule has 0 unspecified atom stereocenters. The molecule has 0 fully saturated rings. The van der Waals surface area contributed by atoms with Gasteiger partial charge in [0.05, 0.1) is 22.8 Å². The third kappa shape index (κ3) is 3.36. The maximum atomic E-state index is 13.4. The molecular weight excluding hydrogens is 403 g/mol. The van der Waals surface area contributed by atoms with Crippen molar-refractivity contribution in [2.45, 2.75) is 36.9 Å². The number of rotatable bonds is 3. The van der Waals surface area contributed by atoms with Crippen LogP contribution < -0.4 is 0 Å². The Bertz CT molecular complexity index is 1180. The maximum absolute atomic E-state index is 13.4. The van der Waals surface area contributed by atoms with Gasteiger partial charge in [0.1, 0.15) is 0 Å². The van der Waals surface area contributed by atoms with Crippen LogP contribution in [0.3, 0.4) is 0 Å². The number of benzene rings is 2. The van der Waals surface area contributed by atoms with Gasteiger partial charge in [-0.15, -0.1) is 0 Å². The van der Waals surface area contributed by atoms with Crippen molar-refractivity contribution in [3.63, 3.8) is 0 Å². The molecule has 2 aromatic carbocycles. The van der Waals surface area contributed by atoms with Crippen LogP contribution in [-0.4, -0.2) is 17.5 Å². The van der Waals surface area contributed by atoms with Crippen LogP contribution in [0, 0.1) is 0 Å².